The highest BCUT2D eigenvalue weighted by Crippen LogP contribution is 2.24. The van der Waals surface area contributed by atoms with Gasteiger partial charge in [-0.3, -0.25) is 0 Å². The standard InChI is InChI=1S/C21H26N4O2S/c1-16-22-10-11-25(16)15-18-7-5-6-17(12-18)13-23-19-8-9-20(24-14-19)28(26,27)21(2,3)4/h5-12,14,23H,13,15H2,1-4H3. The molecule has 0 atom stereocenters. The minimum Gasteiger partial charge on any atom is -0.380 e. The Labute approximate surface area is 166 Å². The van der Waals surface area contributed by atoms with Crippen LogP contribution in [0.2, 0.25) is 0 Å². The van der Waals surface area contributed by atoms with Crippen molar-refractivity contribution in [3.05, 3.63) is 71.9 Å². The monoisotopic (exact) mass is 398 g/mol. The Kier molecular flexibility index (Phi) is 5.56. The van der Waals surface area contributed by atoms with Crippen LogP contribution in [0.5, 0.6) is 0 Å². The second-order valence-corrected chi connectivity index (χ2v) is 10.4. The molecule has 0 fully saturated rings. The molecule has 148 valence electrons. The van der Waals surface area contributed by atoms with E-state index in [2.05, 4.69) is 38.1 Å². The van der Waals surface area contributed by atoms with Gasteiger partial charge in [0.15, 0.2) is 14.9 Å². The molecule has 1 aromatic carbocycles. The van der Waals surface area contributed by atoms with E-state index < -0.39 is 14.6 Å². The summed E-state index contributed by atoms with van der Waals surface area (Å²) in [7, 11) is -3.44. The van der Waals surface area contributed by atoms with E-state index in [1.807, 2.05) is 19.2 Å². The van der Waals surface area contributed by atoms with Crippen LogP contribution in [0.4, 0.5) is 5.69 Å². The molecular formula is C21H26N4O2S. The number of sulfone groups is 1. The summed E-state index contributed by atoms with van der Waals surface area (Å²) < 4.78 is 26.1. The van der Waals surface area contributed by atoms with Crippen LogP contribution in [-0.2, 0) is 22.9 Å². The van der Waals surface area contributed by atoms with E-state index in [4.69, 9.17) is 0 Å². The number of benzene rings is 1. The van der Waals surface area contributed by atoms with Gasteiger partial charge in [-0.1, -0.05) is 24.3 Å². The van der Waals surface area contributed by atoms with Gasteiger partial charge in [0.1, 0.15) is 5.82 Å². The summed E-state index contributed by atoms with van der Waals surface area (Å²) in [6.07, 6.45) is 5.34. The van der Waals surface area contributed by atoms with Crippen molar-refractivity contribution in [1.82, 2.24) is 14.5 Å². The van der Waals surface area contributed by atoms with Gasteiger partial charge in [0.2, 0.25) is 0 Å². The molecule has 0 radical (unpaired) electrons. The topological polar surface area (TPSA) is 76.9 Å². The summed E-state index contributed by atoms with van der Waals surface area (Å²) in [5.74, 6) is 0.986. The minimum atomic E-state index is -3.44. The number of hydrogen-bond acceptors (Lipinski definition) is 5. The van der Waals surface area contributed by atoms with Gasteiger partial charge >= 0.3 is 0 Å². The third kappa shape index (κ3) is 4.42. The van der Waals surface area contributed by atoms with Gasteiger partial charge in [-0.2, -0.15) is 0 Å². The highest BCUT2D eigenvalue weighted by molar-refractivity contribution is 7.92. The van der Waals surface area contributed by atoms with Crippen molar-refractivity contribution in [3.63, 3.8) is 0 Å². The van der Waals surface area contributed by atoms with Crippen molar-refractivity contribution < 1.29 is 8.42 Å². The van der Waals surface area contributed by atoms with Crippen LogP contribution in [0.25, 0.3) is 0 Å². The summed E-state index contributed by atoms with van der Waals surface area (Å²) in [5, 5.41) is 3.40. The van der Waals surface area contributed by atoms with E-state index in [1.54, 1.807) is 45.3 Å². The molecule has 1 N–H and O–H groups in total. The number of hydrogen-bond donors (Lipinski definition) is 1. The zero-order chi connectivity index (χ0) is 20.4. The zero-order valence-corrected chi connectivity index (χ0v) is 17.5. The number of imidazole rings is 1. The van der Waals surface area contributed by atoms with Gasteiger partial charge < -0.3 is 9.88 Å². The minimum absolute atomic E-state index is 0.100. The Hall–Kier alpha value is -2.67. The second kappa shape index (κ2) is 7.75. The Morgan fingerprint density at radius 3 is 2.43 bits per heavy atom. The van der Waals surface area contributed by atoms with E-state index in [9.17, 15) is 8.42 Å². The highest BCUT2D eigenvalue weighted by atomic mass is 32.2. The lowest BCUT2D eigenvalue weighted by Gasteiger charge is -2.18. The summed E-state index contributed by atoms with van der Waals surface area (Å²) in [6.45, 7) is 8.42. The highest BCUT2D eigenvalue weighted by Gasteiger charge is 2.31. The lowest BCUT2D eigenvalue weighted by atomic mass is 10.1. The first kappa shape index (κ1) is 20.1. The van der Waals surface area contributed by atoms with E-state index >= 15 is 0 Å². The Morgan fingerprint density at radius 1 is 1.07 bits per heavy atom. The Balaban J connectivity index is 1.66. The predicted octanol–water partition coefficient (Wildman–Crippen LogP) is 3.82. The van der Waals surface area contributed by atoms with Crippen LogP contribution >= 0.6 is 0 Å². The van der Waals surface area contributed by atoms with Crippen molar-refractivity contribution in [3.8, 4) is 0 Å². The molecule has 3 aromatic rings. The van der Waals surface area contributed by atoms with Gasteiger partial charge in [0.25, 0.3) is 0 Å². The van der Waals surface area contributed by atoms with Gasteiger partial charge in [0.05, 0.1) is 16.6 Å². The maximum atomic E-state index is 12.4. The van der Waals surface area contributed by atoms with Crippen molar-refractivity contribution in [2.75, 3.05) is 5.32 Å². The smallest absolute Gasteiger partial charge is 0.200 e. The largest absolute Gasteiger partial charge is 0.380 e. The molecule has 2 aromatic heterocycles. The number of nitrogens with zero attached hydrogens (tertiary/aromatic N) is 3. The van der Waals surface area contributed by atoms with Crippen LogP contribution in [0.15, 0.2) is 60.0 Å². The normalized spacial score (nSPS) is 12.1. The molecule has 0 aliphatic heterocycles. The molecule has 0 unspecified atom stereocenters. The number of aryl methyl sites for hydroxylation is 1. The number of rotatable bonds is 6. The van der Waals surface area contributed by atoms with Gasteiger partial charge in [-0.25, -0.2) is 18.4 Å². The SMILES string of the molecule is Cc1nccn1Cc1cccc(CNc2ccc(S(=O)(=O)C(C)(C)C)nc2)c1. The Morgan fingerprint density at radius 2 is 1.82 bits per heavy atom. The summed E-state index contributed by atoms with van der Waals surface area (Å²) in [4.78, 5) is 8.40. The first-order valence-corrected chi connectivity index (χ1v) is 10.7. The average Bonchev–Trinajstić information content (AvgIpc) is 3.04. The van der Waals surface area contributed by atoms with Crippen molar-refractivity contribution in [2.45, 2.75) is 50.6 Å². The molecule has 3 rings (SSSR count). The first-order chi connectivity index (χ1) is 13.2. The molecule has 0 amide bonds. The quantitative estimate of drug-likeness (QED) is 0.683. The average molecular weight is 399 g/mol. The van der Waals surface area contributed by atoms with E-state index in [-0.39, 0.29) is 5.03 Å². The fraction of sp³-hybridized carbons (Fsp3) is 0.333. The molecule has 0 spiro atoms. The second-order valence-electron chi connectivity index (χ2n) is 7.78. The number of nitrogens with one attached hydrogen (secondary N) is 1. The number of pyridine rings is 1. The third-order valence-corrected chi connectivity index (χ3v) is 6.99. The maximum Gasteiger partial charge on any atom is 0.200 e. The van der Waals surface area contributed by atoms with Crippen LogP contribution in [0.1, 0.15) is 37.7 Å². The molecule has 0 saturated heterocycles. The first-order valence-electron chi connectivity index (χ1n) is 9.17. The summed E-state index contributed by atoms with van der Waals surface area (Å²) in [5.41, 5.74) is 3.12. The van der Waals surface area contributed by atoms with Crippen molar-refractivity contribution >= 4 is 15.5 Å². The van der Waals surface area contributed by atoms with Crippen molar-refractivity contribution in [2.24, 2.45) is 0 Å². The van der Waals surface area contributed by atoms with Gasteiger partial charge in [0, 0.05) is 25.5 Å². The lowest BCUT2D eigenvalue weighted by Crippen LogP contribution is -2.28. The molecular weight excluding hydrogens is 372 g/mol. The third-order valence-electron chi connectivity index (χ3n) is 4.58. The summed E-state index contributed by atoms with van der Waals surface area (Å²) >= 11 is 0. The fourth-order valence-corrected chi connectivity index (χ4v) is 3.83. The Bertz CT molecular complexity index is 1050. The molecule has 28 heavy (non-hydrogen) atoms. The van der Waals surface area contributed by atoms with E-state index in [0.29, 0.717) is 6.54 Å². The van der Waals surface area contributed by atoms with E-state index in [1.165, 1.54) is 5.56 Å². The van der Waals surface area contributed by atoms with Crippen LogP contribution in [0.3, 0.4) is 0 Å². The lowest BCUT2D eigenvalue weighted by molar-refractivity contribution is 0.556. The van der Waals surface area contributed by atoms with E-state index in [0.717, 1.165) is 23.6 Å². The summed E-state index contributed by atoms with van der Waals surface area (Å²) in [6, 6.07) is 11.7. The van der Waals surface area contributed by atoms with Gasteiger partial charge in [-0.15, -0.1) is 0 Å². The molecule has 0 aliphatic carbocycles. The van der Waals surface area contributed by atoms with Crippen molar-refractivity contribution in [1.29, 1.82) is 0 Å². The number of aromatic nitrogens is 3. The molecule has 0 bridgehead atoms. The molecule has 0 saturated carbocycles. The molecule has 0 aliphatic rings. The molecule has 2 heterocycles. The molecule has 7 heteroatoms. The predicted molar refractivity (Wildman–Crippen MR) is 111 cm³/mol. The van der Waals surface area contributed by atoms with Crippen LogP contribution in [0, 0.1) is 6.92 Å². The fourth-order valence-electron chi connectivity index (χ4n) is 2.77. The zero-order valence-electron chi connectivity index (χ0n) is 16.7. The van der Waals surface area contributed by atoms with Gasteiger partial charge in [-0.05, 0) is 51.0 Å². The van der Waals surface area contributed by atoms with Crippen LogP contribution < -0.4 is 5.32 Å². The maximum absolute atomic E-state index is 12.4. The van der Waals surface area contributed by atoms with Crippen LogP contribution in [-0.4, -0.2) is 27.7 Å². The number of anilines is 1. The molecule has 6 nitrogen and oxygen atoms in total.